The number of nitrogens with one attached hydrogen (secondary N) is 1. The van der Waals surface area contributed by atoms with Crippen LogP contribution in [-0.2, 0) is 14.3 Å². The van der Waals surface area contributed by atoms with E-state index in [1.807, 2.05) is 0 Å². The van der Waals surface area contributed by atoms with Gasteiger partial charge in [-0.2, -0.15) is 0 Å². The van der Waals surface area contributed by atoms with Crippen molar-refractivity contribution in [3.63, 3.8) is 0 Å². The molecular formula is C26H31ClN4O5. The van der Waals surface area contributed by atoms with Gasteiger partial charge in [0.25, 0.3) is 11.5 Å². The Morgan fingerprint density at radius 2 is 1.69 bits per heavy atom. The highest BCUT2D eigenvalue weighted by molar-refractivity contribution is 6.30. The first-order valence-corrected chi connectivity index (χ1v) is 12.7. The number of ketones is 1. The minimum atomic E-state index is -1.36. The van der Waals surface area contributed by atoms with Gasteiger partial charge in [0.15, 0.2) is 11.8 Å². The summed E-state index contributed by atoms with van der Waals surface area (Å²) in [6, 6.07) is 9.73. The minimum Gasteiger partial charge on any atom is -0.379 e. The summed E-state index contributed by atoms with van der Waals surface area (Å²) >= 11 is 6.10. The summed E-state index contributed by atoms with van der Waals surface area (Å²) < 4.78 is 6.44. The van der Waals surface area contributed by atoms with Crippen LogP contribution in [0, 0.1) is 5.92 Å². The maximum atomic E-state index is 13.6. The number of carbonyl (C=O) groups is 3. The first-order chi connectivity index (χ1) is 17.4. The zero-order chi connectivity index (χ0) is 25.5. The number of amides is 2. The molecule has 1 atom stereocenters. The number of carbonyl (C=O) groups excluding carboxylic acids is 3. The van der Waals surface area contributed by atoms with Crippen LogP contribution in [-0.4, -0.2) is 84.4 Å². The number of hydrogen-bond donors (Lipinski definition) is 1. The fraction of sp³-hybridized carbons (Fsp3) is 0.462. The van der Waals surface area contributed by atoms with Crippen molar-refractivity contribution in [2.24, 2.45) is 5.92 Å². The summed E-state index contributed by atoms with van der Waals surface area (Å²) in [6.07, 6.45) is 2.31. The Bertz CT molecular complexity index is 1120. The van der Waals surface area contributed by atoms with Crippen LogP contribution in [0.15, 0.2) is 53.5 Å². The Hall–Kier alpha value is -3.01. The molecule has 1 aromatic carbocycles. The van der Waals surface area contributed by atoms with Gasteiger partial charge in [-0.3, -0.25) is 28.6 Å². The number of morpholine rings is 1. The molecule has 2 aliphatic rings. The van der Waals surface area contributed by atoms with E-state index in [-0.39, 0.29) is 16.8 Å². The number of hydrogen-bond acceptors (Lipinski definition) is 6. The van der Waals surface area contributed by atoms with Gasteiger partial charge in [0.2, 0.25) is 5.91 Å². The van der Waals surface area contributed by atoms with Crippen LogP contribution in [0.25, 0.3) is 0 Å². The number of pyridine rings is 1. The molecule has 2 aliphatic heterocycles. The van der Waals surface area contributed by atoms with E-state index in [0.29, 0.717) is 38.0 Å². The molecule has 4 rings (SSSR count). The smallest absolute Gasteiger partial charge is 0.253 e. The van der Waals surface area contributed by atoms with E-state index in [1.54, 1.807) is 35.2 Å². The van der Waals surface area contributed by atoms with Gasteiger partial charge >= 0.3 is 0 Å². The van der Waals surface area contributed by atoms with Crippen molar-refractivity contribution in [3.05, 3.63) is 69.6 Å². The molecule has 0 radical (unpaired) electrons. The zero-order valence-electron chi connectivity index (χ0n) is 20.1. The second kappa shape index (κ2) is 12.3. The van der Waals surface area contributed by atoms with Crippen molar-refractivity contribution in [1.82, 2.24) is 19.7 Å². The minimum absolute atomic E-state index is 0.0154. The second-order valence-corrected chi connectivity index (χ2v) is 9.51. The van der Waals surface area contributed by atoms with Crippen LogP contribution in [0.2, 0.25) is 5.02 Å². The first-order valence-electron chi connectivity index (χ1n) is 12.3. The Morgan fingerprint density at radius 1 is 1.00 bits per heavy atom. The number of piperidine rings is 1. The van der Waals surface area contributed by atoms with E-state index in [4.69, 9.17) is 16.3 Å². The van der Waals surface area contributed by atoms with Crippen molar-refractivity contribution in [3.8, 4) is 0 Å². The molecule has 0 saturated carbocycles. The average Bonchev–Trinajstić information content (AvgIpc) is 2.91. The molecule has 2 amide bonds. The maximum Gasteiger partial charge on any atom is 0.253 e. The van der Waals surface area contributed by atoms with Gasteiger partial charge in [-0.15, -0.1) is 0 Å². The highest BCUT2D eigenvalue weighted by Crippen LogP contribution is 2.23. The third kappa shape index (κ3) is 6.40. The Kier molecular flexibility index (Phi) is 8.90. The summed E-state index contributed by atoms with van der Waals surface area (Å²) in [6.45, 7) is 5.19. The molecule has 2 fully saturated rings. The van der Waals surface area contributed by atoms with Gasteiger partial charge < -0.3 is 15.0 Å². The van der Waals surface area contributed by atoms with Crippen LogP contribution in [0.3, 0.4) is 0 Å². The molecule has 36 heavy (non-hydrogen) atoms. The predicted octanol–water partition coefficient (Wildman–Crippen LogP) is 1.61. The Morgan fingerprint density at radius 3 is 2.39 bits per heavy atom. The quantitative estimate of drug-likeness (QED) is 0.424. The maximum absolute atomic E-state index is 13.6. The van der Waals surface area contributed by atoms with Crippen LogP contribution in [0.1, 0.15) is 29.2 Å². The summed E-state index contributed by atoms with van der Waals surface area (Å²) in [4.78, 5) is 56.1. The van der Waals surface area contributed by atoms with Crippen LogP contribution in [0.4, 0.5) is 0 Å². The number of rotatable bonds is 8. The summed E-state index contributed by atoms with van der Waals surface area (Å²) in [5.41, 5.74) is -0.158. The van der Waals surface area contributed by atoms with Gasteiger partial charge in [-0.1, -0.05) is 41.9 Å². The van der Waals surface area contributed by atoms with E-state index >= 15 is 0 Å². The number of halogens is 1. The molecule has 192 valence electrons. The Balaban J connectivity index is 1.40. The zero-order valence-corrected chi connectivity index (χ0v) is 20.9. The van der Waals surface area contributed by atoms with Gasteiger partial charge in [-0.05, 0) is 18.9 Å². The third-order valence-electron chi connectivity index (χ3n) is 6.73. The van der Waals surface area contributed by atoms with Gasteiger partial charge in [-0.25, -0.2) is 0 Å². The molecule has 9 nitrogen and oxygen atoms in total. The molecule has 2 saturated heterocycles. The largest absolute Gasteiger partial charge is 0.379 e. The number of benzene rings is 1. The average molecular weight is 515 g/mol. The third-order valence-corrected chi connectivity index (χ3v) is 6.95. The van der Waals surface area contributed by atoms with Crippen LogP contribution in [0.5, 0.6) is 0 Å². The molecular weight excluding hydrogens is 484 g/mol. The summed E-state index contributed by atoms with van der Waals surface area (Å²) in [5, 5.41) is 3.26. The van der Waals surface area contributed by atoms with E-state index in [9.17, 15) is 19.2 Å². The predicted molar refractivity (Wildman–Crippen MR) is 135 cm³/mol. The SMILES string of the molecule is O=C(NCCN1CCOCC1)C1CCN(C(=O)C(C(=O)c2ccccc2)n2cc(Cl)ccc2=O)CC1. The number of nitrogens with zero attached hydrogens (tertiary/aromatic N) is 3. The number of likely N-dealkylation sites (tertiary alicyclic amines) is 1. The molecule has 1 N–H and O–H groups in total. The van der Waals surface area contributed by atoms with Crippen LogP contribution < -0.4 is 10.9 Å². The van der Waals surface area contributed by atoms with Crippen molar-refractivity contribution < 1.29 is 19.1 Å². The highest BCUT2D eigenvalue weighted by atomic mass is 35.5. The Labute approximate surface area is 215 Å². The van der Waals surface area contributed by atoms with Gasteiger partial charge in [0.05, 0.1) is 18.2 Å². The lowest BCUT2D eigenvalue weighted by Gasteiger charge is -2.34. The number of Topliss-reactive ketones (excluding diaryl/α,β-unsaturated/α-hetero) is 1. The monoisotopic (exact) mass is 514 g/mol. The van der Waals surface area contributed by atoms with Crippen molar-refractivity contribution in [1.29, 1.82) is 0 Å². The topological polar surface area (TPSA) is 101 Å². The lowest BCUT2D eigenvalue weighted by Crippen LogP contribution is -2.49. The first kappa shape index (κ1) is 26.1. The van der Waals surface area contributed by atoms with Crippen molar-refractivity contribution in [2.45, 2.75) is 18.9 Å². The molecule has 3 heterocycles. The molecule has 0 bridgehead atoms. The summed E-state index contributed by atoms with van der Waals surface area (Å²) in [7, 11) is 0. The summed E-state index contributed by atoms with van der Waals surface area (Å²) in [5.74, 6) is -1.17. The van der Waals surface area contributed by atoms with Crippen LogP contribution >= 0.6 is 11.6 Å². The molecule has 2 aromatic rings. The van der Waals surface area contributed by atoms with Crippen molar-refractivity contribution >= 4 is 29.2 Å². The second-order valence-electron chi connectivity index (χ2n) is 9.07. The molecule has 0 spiro atoms. The van der Waals surface area contributed by atoms with E-state index < -0.39 is 23.3 Å². The van der Waals surface area contributed by atoms with E-state index in [1.165, 1.54) is 18.3 Å². The normalized spacial score (nSPS) is 18.0. The molecule has 0 aliphatic carbocycles. The standard InChI is InChI=1S/C26H31ClN4O5/c27-21-6-7-22(32)31(18-21)23(24(33)19-4-2-1-3-5-19)26(35)30-11-8-20(9-12-30)25(34)28-10-13-29-14-16-36-17-15-29/h1-7,18,20,23H,8-17H2,(H,28,34). The lowest BCUT2D eigenvalue weighted by atomic mass is 9.94. The fourth-order valence-corrected chi connectivity index (χ4v) is 4.81. The highest BCUT2D eigenvalue weighted by Gasteiger charge is 2.36. The van der Waals surface area contributed by atoms with Crippen molar-refractivity contribution in [2.75, 3.05) is 52.5 Å². The fourth-order valence-electron chi connectivity index (χ4n) is 4.64. The number of aromatic nitrogens is 1. The lowest BCUT2D eigenvalue weighted by molar-refractivity contribution is -0.137. The molecule has 1 aromatic heterocycles. The molecule has 10 heteroatoms. The van der Waals surface area contributed by atoms with E-state index in [2.05, 4.69) is 10.2 Å². The van der Waals surface area contributed by atoms with Gasteiger partial charge in [0.1, 0.15) is 0 Å². The number of ether oxygens (including phenoxy) is 1. The molecule has 1 unspecified atom stereocenters. The van der Waals surface area contributed by atoms with E-state index in [0.717, 1.165) is 37.4 Å². The van der Waals surface area contributed by atoms with Gasteiger partial charge in [0, 0.05) is 63.0 Å².